The van der Waals surface area contributed by atoms with Gasteiger partial charge in [-0.3, -0.25) is 4.79 Å². The van der Waals surface area contributed by atoms with Crippen LogP contribution in [-0.2, 0) is 34.3 Å². The van der Waals surface area contributed by atoms with Crippen LogP contribution in [0.15, 0.2) is 83.8 Å². The van der Waals surface area contributed by atoms with Crippen molar-refractivity contribution in [2.75, 3.05) is 0 Å². The van der Waals surface area contributed by atoms with Gasteiger partial charge in [-0.2, -0.15) is 0 Å². The Kier molecular flexibility index (Phi) is 7.60. The highest BCUT2D eigenvalue weighted by atomic mass is 32.2. The van der Waals surface area contributed by atoms with Gasteiger partial charge in [-0.05, 0) is 42.7 Å². The minimum atomic E-state index is -3.54. The van der Waals surface area contributed by atoms with Crippen molar-refractivity contribution in [2.24, 2.45) is 0 Å². The van der Waals surface area contributed by atoms with Gasteiger partial charge in [0.05, 0.1) is 28.9 Å². The van der Waals surface area contributed by atoms with Gasteiger partial charge in [0.15, 0.2) is 9.84 Å². The second kappa shape index (κ2) is 10.4. The molecule has 0 aliphatic rings. The van der Waals surface area contributed by atoms with Gasteiger partial charge in [-0.1, -0.05) is 66.7 Å². The maximum absolute atomic E-state index is 12.7. The number of carbonyl (C=O) groups is 1. The van der Waals surface area contributed by atoms with E-state index in [1.165, 1.54) is 12.1 Å². The SMILES string of the molecule is CC(C)S(=O)(=O)c1ccccc1C(=O)NCc1ccc(COCc2ccccc2)cc1. The number of hydrogen-bond acceptors (Lipinski definition) is 4. The summed E-state index contributed by atoms with van der Waals surface area (Å²) >= 11 is 0. The molecule has 0 unspecified atom stereocenters. The van der Waals surface area contributed by atoms with E-state index in [-0.39, 0.29) is 10.5 Å². The van der Waals surface area contributed by atoms with E-state index in [1.807, 2.05) is 54.6 Å². The predicted octanol–water partition coefficient (Wildman–Crippen LogP) is 4.52. The normalized spacial score (nSPS) is 11.5. The summed E-state index contributed by atoms with van der Waals surface area (Å²) in [6.07, 6.45) is 0. The molecule has 0 aliphatic carbocycles. The minimum absolute atomic E-state index is 0.0633. The van der Waals surface area contributed by atoms with E-state index >= 15 is 0 Å². The topological polar surface area (TPSA) is 72.5 Å². The van der Waals surface area contributed by atoms with Crippen LogP contribution >= 0.6 is 0 Å². The molecule has 3 aromatic carbocycles. The predicted molar refractivity (Wildman–Crippen MR) is 121 cm³/mol. The minimum Gasteiger partial charge on any atom is -0.372 e. The average molecular weight is 438 g/mol. The zero-order valence-electron chi connectivity index (χ0n) is 17.7. The summed E-state index contributed by atoms with van der Waals surface area (Å²) in [5.74, 6) is -0.407. The number of ether oxygens (including phenoxy) is 1. The zero-order chi connectivity index (χ0) is 22.3. The van der Waals surface area contributed by atoms with Crippen molar-refractivity contribution in [1.29, 1.82) is 0 Å². The van der Waals surface area contributed by atoms with Crippen molar-refractivity contribution in [2.45, 2.75) is 43.8 Å². The van der Waals surface area contributed by atoms with Crippen LogP contribution in [0.2, 0.25) is 0 Å². The highest BCUT2D eigenvalue weighted by Gasteiger charge is 2.25. The molecular formula is C25H27NO4S. The second-order valence-corrected chi connectivity index (χ2v) is 10.0. The smallest absolute Gasteiger partial charge is 0.252 e. The molecule has 0 heterocycles. The Morgan fingerprint density at radius 2 is 1.35 bits per heavy atom. The number of benzene rings is 3. The maximum atomic E-state index is 12.7. The average Bonchev–Trinajstić information content (AvgIpc) is 2.79. The second-order valence-electron chi connectivity index (χ2n) is 7.57. The van der Waals surface area contributed by atoms with Crippen LogP contribution in [0.25, 0.3) is 0 Å². The zero-order valence-corrected chi connectivity index (χ0v) is 18.6. The molecule has 0 spiro atoms. The summed E-state index contributed by atoms with van der Waals surface area (Å²) in [6, 6.07) is 24.1. The molecule has 1 amide bonds. The molecule has 0 atom stereocenters. The number of sulfone groups is 1. The first-order chi connectivity index (χ1) is 14.9. The molecule has 0 saturated carbocycles. The van der Waals surface area contributed by atoms with E-state index in [0.717, 1.165) is 16.7 Å². The third-order valence-corrected chi connectivity index (χ3v) is 7.13. The summed E-state index contributed by atoms with van der Waals surface area (Å²) < 4.78 is 30.8. The molecule has 5 nitrogen and oxygen atoms in total. The summed E-state index contributed by atoms with van der Waals surface area (Å²) in [6.45, 7) is 4.57. The molecule has 3 aromatic rings. The number of amides is 1. The Balaban J connectivity index is 1.57. The Morgan fingerprint density at radius 1 is 0.806 bits per heavy atom. The van der Waals surface area contributed by atoms with Crippen molar-refractivity contribution in [3.05, 3.63) is 101 Å². The van der Waals surface area contributed by atoms with Crippen molar-refractivity contribution >= 4 is 15.7 Å². The van der Waals surface area contributed by atoms with Gasteiger partial charge in [-0.15, -0.1) is 0 Å². The first-order valence-electron chi connectivity index (χ1n) is 10.2. The summed E-state index contributed by atoms with van der Waals surface area (Å²) in [4.78, 5) is 12.7. The highest BCUT2D eigenvalue weighted by molar-refractivity contribution is 7.92. The quantitative estimate of drug-likeness (QED) is 0.534. The van der Waals surface area contributed by atoms with Crippen molar-refractivity contribution in [3.63, 3.8) is 0 Å². The molecule has 0 fully saturated rings. The number of carbonyl (C=O) groups excluding carboxylic acids is 1. The molecular weight excluding hydrogens is 410 g/mol. The summed E-state index contributed by atoms with van der Waals surface area (Å²) in [5, 5.41) is 2.22. The maximum Gasteiger partial charge on any atom is 0.252 e. The van der Waals surface area contributed by atoms with Crippen molar-refractivity contribution < 1.29 is 17.9 Å². The molecule has 31 heavy (non-hydrogen) atoms. The summed E-state index contributed by atoms with van der Waals surface area (Å²) in [5.41, 5.74) is 3.26. The van der Waals surface area contributed by atoms with Crippen LogP contribution in [0.3, 0.4) is 0 Å². The molecule has 0 saturated heterocycles. The third-order valence-electron chi connectivity index (χ3n) is 4.92. The fraction of sp³-hybridized carbons (Fsp3) is 0.240. The van der Waals surface area contributed by atoms with Gasteiger partial charge in [-0.25, -0.2) is 8.42 Å². The lowest BCUT2D eigenvalue weighted by atomic mass is 10.1. The Labute approximate surface area is 184 Å². The van der Waals surface area contributed by atoms with Crippen LogP contribution < -0.4 is 5.32 Å². The fourth-order valence-electron chi connectivity index (χ4n) is 3.05. The van der Waals surface area contributed by atoms with Gasteiger partial charge < -0.3 is 10.1 Å². The number of nitrogens with one attached hydrogen (secondary N) is 1. The third kappa shape index (κ3) is 6.03. The van der Waals surface area contributed by atoms with Gasteiger partial charge in [0.1, 0.15) is 0 Å². The number of rotatable bonds is 9. The Bertz CT molecular complexity index is 1110. The Hall–Kier alpha value is -2.96. The van der Waals surface area contributed by atoms with Crippen LogP contribution in [0.1, 0.15) is 40.9 Å². The van der Waals surface area contributed by atoms with Crippen molar-refractivity contribution in [3.8, 4) is 0 Å². The van der Waals surface area contributed by atoms with E-state index in [2.05, 4.69) is 5.32 Å². The molecule has 6 heteroatoms. The van der Waals surface area contributed by atoms with E-state index in [9.17, 15) is 13.2 Å². The van der Waals surface area contributed by atoms with E-state index < -0.39 is 21.0 Å². The highest BCUT2D eigenvalue weighted by Crippen LogP contribution is 2.20. The van der Waals surface area contributed by atoms with Gasteiger partial charge in [0.2, 0.25) is 0 Å². The first kappa shape index (κ1) is 22.7. The van der Waals surface area contributed by atoms with Crippen molar-refractivity contribution in [1.82, 2.24) is 5.32 Å². The Morgan fingerprint density at radius 3 is 2.00 bits per heavy atom. The van der Waals surface area contributed by atoms with Crippen LogP contribution in [-0.4, -0.2) is 19.6 Å². The standard InChI is InChI=1S/C25H27NO4S/c1-19(2)31(28,29)24-11-7-6-10-23(24)25(27)26-16-20-12-14-22(15-13-20)18-30-17-21-8-4-3-5-9-21/h3-15,19H,16-18H2,1-2H3,(H,26,27). The van der Waals surface area contributed by atoms with E-state index in [1.54, 1.807) is 26.0 Å². The van der Waals surface area contributed by atoms with E-state index in [0.29, 0.717) is 19.8 Å². The van der Waals surface area contributed by atoms with Crippen LogP contribution in [0.5, 0.6) is 0 Å². The molecule has 3 rings (SSSR count). The van der Waals surface area contributed by atoms with Gasteiger partial charge >= 0.3 is 0 Å². The molecule has 162 valence electrons. The molecule has 0 radical (unpaired) electrons. The number of hydrogen-bond donors (Lipinski definition) is 1. The molecule has 0 aliphatic heterocycles. The molecule has 0 bridgehead atoms. The summed E-state index contributed by atoms with van der Waals surface area (Å²) in [7, 11) is -3.54. The lowest BCUT2D eigenvalue weighted by molar-refractivity contribution is 0.0947. The lowest BCUT2D eigenvalue weighted by Crippen LogP contribution is -2.26. The van der Waals surface area contributed by atoms with Gasteiger partial charge in [0.25, 0.3) is 5.91 Å². The molecule has 0 aromatic heterocycles. The molecule has 1 N–H and O–H groups in total. The van der Waals surface area contributed by atoms with Gasteiger partial charge in [0, 0.05) is 6.54 Å². The largest absolute Gasteiger partial charge is 0.372 e. The van der Waals surface area contributed by atoms with Crippen LogP contribution in [0.4, 0.5) is 0 Å². The monoisotopic (exact) mass is 437 g/mol. The fourth-order valence-corrected chi connectivity index (χ4v) is 4.29. The lowest BCUT2D eigenvalue weighted by Gasteiger charge is -2.13. The first-order valence-corrected chi connectivity index (χ1v) is 11.7. The van der Waals surface area contributed by atoms with E-state index in [4.69, 9.17) is 4.74 Å². The van der Waals surface area contributed by atoms with Crippen LogP contribution in [0, 0.1) is 0 Å².